The molecule has 0 saturated carbocycles. The van der Waals surface area contributed by atoms with Gasteiger partial charge in [-0.05, 0) is 62.8 Å². The van der Waals surface area contributed by atoms with Crippen molar-refractivity contribution in [3.05, 3.63) is 42.6 Å². The number of aliphatic hydroxyl groups excluding tert-OH is 1. The quantitative estimate of drug-likeness (QED) is 0.438. The largest absolute Gasteiger partial charge is 0.415 e. The highest BCUT2D eigenvalue weighted by molar-refractivity contribution is 7.92. The molecule has 3 aromatic rings. The Morgan fingerprint density at radius 2 is 1.95 bits per heavy atom. The zero-order chi connectivity index (χ0) is 28.5. The van der Waals surface area contributed by atoms with Crippen LogP contribution in [-0.2, 0) is 14.8 Å². The Kier molecular flexibility index (Phi) is 7.66. The fourth-order valence-electron chi connectivity index (χ4n) is 5.65. The molecular formula is C28H35N7O5S. The van der Waals surface area contributed by atoms with Crippen molar-refractivity contribution in [1.29, 1.82) is 0 Å². The van der Waals surface area contributed by atoms with Crippen LogP contribution in [0.2, 0.25) is 0 Å². The molecule has 13 heteroatoms. The van der Waals surface area contributed by atoms with Crippen molar-refractivity contribution in [3.63, 3.8) is 0 Å². The second kappa shape index (κ2) is 11.4. The van der Waals surface area contributed by atoms with Crippen molar-refractivity contribution in [2.45, 2.75) is 38.2 Å². The van der Waals surface area contributed by atoms with Crippen LogP contribution in [0.25, 0.3) is 23.0 Å². The fourth-order valence-corrected chi connectivity index (χ4v) is 6.48. The molecule has 2 saturated heterocycles. The predicted octanol–water partition coefficient (Wildman–Crippen LogP) is 3.09. The lowest BCUT2D eigenvalue weighted by molar-refractivity contribution is -0.0336. The summed E-state index contributed by atoms with van der Waals surface area (Å²) in [4.78, 5) is 13.7. The van der Waals surface area contributed by atoms with Gasteiger partial charge in [-0.2, -0.15) is 0 Å². The number of piperidine rings is 2. The van der Waals surface area contributed by atoms with Gasteiger partial charge < -0.3 is 24.1 Å². The lowest BCUT2D eigenvalue weighted by Crippen LogP contribution is -2.44. The number of rotatable bonds is 4. The highest BCUT2D eigenvalue weighted by atomic mass is 32.2. The lowest BCUT2D eigenvalue weighted by atomic mass is 9.92. The molecule has 2 N–H and O–H groups in total. The number of fused-ring (bicyclic) bond motifs is 4. The summed E-state index contributed by atoms with van der Waals surface area (Å²) in [5.41, 5.74) is 2.13. The molecule has 4 aliphatic rings. The summed E-state index contributed by atoms with van der Waals surface area (Å²) in [6.07, 6.45) is 9.86. The van der Waals surface area contributed by atoms with Crippen molar-refractivity contribution in [3.8, 4) is 23.0 Å². The highest BCUT2D eigenvalue weighted by Crippen LogP contribution is 2.38. The maximum absolute atomic E-state index is 12.4. The number of benzene rings is 1. The average molecular weight is 582 g/mol. The molecule has 7 rings (SSSR count). The third-order valence-corrected chi connectivity index (χ3v) is 9.25. The van der Waals surface area contributed by atoms with Gasteiger partial charge in [-0.3, -0.25) is 4.72 Å². The second-order valence-electron chi connectivity index (χ2n) is 11.1. The van der Waals surface area contributed by atoms with Crippen LogP contribution < -0.4 is 14.5 Å². The molecule has 2 aromatic heterocycles. The zero-order valence-electron chi connectivity index (χ0n) is 23.1. The first kappa shape index (κ1) is 27.6. The van der Waals surface area contributed by atoms with Crippen LogP contribution >= 0.6 is 0 Å². The van der Waals surface area contributed by atoms with Gasteiger partial charge in [0.15, 0.2) is 0 Å². The first-order chi connectivity index (χ1) is 19.8. The highest BCUT2D eigenvalue weighted by Gasteiger charge is 2.32. The van der Waals surface area contributed by atoms with Gasteiger partial charge in [-0.25, -0.2) is 18.4 Å². The smallest absolute Gasteiger partial charge is 0.266 e. The molecule has 1 atom stereocenters. The van der Waals surface area contributed by atoms with E-state index in [4.69, 9.17) is 19.2 Å². The van der Waals surface area contributed by atoms with Crippen molar-refractivity contribution in [1.82, 2.24) is 20.2 Å². The van der Waals surface area contributed by atoms with E-state index in [1.807, 2.05) is 0 Å². The number of sulfonamides is 1. The van der Waals surface area contributed by atoms with Gasteiger partial charge in [0.1, 0.15) is 5.69 Å². The third kappa shape index (κ3) is 6.21. The monoisotopic (exact) mass is 581 g/mol. The molecule has 0 amide bonds. The number of hydrogen-bond donors (Lipinski definition) is 2. The molecule has 218 valence electrons. The van der Waals surface area contributed by atoms with E-state index in [-0.39, 0.29) is 17.2 Å². The van der Waals surface area contributed by atoms with E-state index in [1.165, 1.54) is 0 Å². The Balaban J connectivity index is 1.39. The van der Waals surface area contributed by atoms with Gasteiger partial charge in [0.2, 0.25) is 21.9 Å². The number of nitrogens with zero attached hydrogens (tertiary/aromatic N) is 6. The standard InChI is InChI=1S/C28H35N7O5S/c1-28-9-13-34(14-10-28)24-18-21(33-41(37,38)17-15-36)6-7-22(24)25-31-32-26(40-25)23-8-11-29-27(30-23)35-12-2-4-20(19-35)5-3-16-39-28/h3,5-8,11,18,20,33,36H,2,4,9-10,12-17,19H2,1H3/b5-3-. The van der Waals surface area contributed by atoms with Crippen LogP contribution in [-0.4, -0.2) is 84.4 Å². The average Bonchev–Trinajstić information content (AvgIpc) is 3.46. The molecule has 1 aromatic carbocycles. The zero-order valence-corrected chi connectivity index (χ0v) is 23.9. The summed E-state index contributed by atoms with van der Waals surface area (Å²) in [7, 11) is -3.70. The Hall–Kier alpha value is -3.55. The SMILES string of the molecule is CC12CCN(CC1)c1cc(NS(=O)(=O)CCO)ccc1-c1nnc(o1)-c1ccnc(n1)N1CCCC(/C=C\CO2)C1. The first-order valence-electron chi connectivity index (χ1n) is 14.0. The van der Waals surface area contributed by atoms with Crippen molar-refractivity contribution in [2.24, 2.45) is 5.92 Å². The molecule has 1 unspecified atom stereocenters. The number of aliphatic hydroxyl groups is 1. The van der Waals surface area contributed by atoms with Gasteiger partial charge >= 0.3 is 0 Å². The summed E-state index contributed by atoms with van der Waals surface area (Å²) in [6.45, 7) is 5.36. The topological polar surface area (TPSA) is 147 Å². The van der Waals surface area contributed by atoms with Crippen molar-refractivity contribution < 1.29 is 22.7 Å². The summed E-state index contributed by atoms with van der Waals surface area (Å²) < 4.78 is 39.8. The molecule has 0 aliphatic carbocycles. The number of anilines is 3. The van der Waals surface area contributed by atoms with E-state index < -0.39 is 16.6 Å². The summed E-state index contributed by atoms with van der Waals surface area (Å²) in [5, 5.41) is 17.8. The van der Waals surface area contributed by atoms with E-state index in [0.717, 1.165) is 44.5 Å². The van der Waals surface area contributed by atoms with Crippen molar-refractivity contribution >= 4 is 27.3 Å². The van der Waals surface area contributed by atoms with Gasteiger partial charge in [0.25, 0.3) is 5.89 Å². The van der Waals surface area contributed by atoms with E-state index in [9.17, 15) is 8.42 Å². The number of ether oxygens (including phenoxy) is 1. The van der Waals surface area contributed by atoms with Gasteiger partial charge in [0.05, 0.1) is 41.5 Å². The third-order valence-electron chi connectivity index (χ3n) is 7.99. The normalized spacial score (nSPS) is 23.7. The van der Waals surface area contributed by atoms with Gasteiger partial charge in [-0.1, -0.05) is 12.2 Å². The molecule has 8 bridgehead atoms. The van der Waals surface area contributed by atoms with Crippen molar-refractivity contribution in [2.75, 3.05) is 59.7 Å². The van der Waals surface area contributed by atoms with E-state index in [0.29, 0.717) is 54.4 Å². The molecule has 0 spiro atoms. The molecular weight excluding hydrogens is 546 g/mol. The molecule has 4 aliphatic heterocycles. The summed E-state index contributed by atoms with van der Waals surface area (Å²) >= 11 is 0. The van der Waals surface area contributed by atoms with Crippen LogP contribution in [0.15, 0.2) is 47.0 Å². The number of nitrogens with one attached hydrogen (secondary N) is 1. The molecule has 41 heavy (non-hydrogen) atoms. The minimum Gasteiger partial charge on any atom is -0.415 e. The molecule has 6 heterocycles. The lowest BCUT2D eigenvalue weighted by Gasteiger charge is -2.40. The van der Waals surface area contributed by atoms with E-state index in [1.54, 1.807) is 30.5 Å². The fraction of sp³-hybridized carbons (Fsp3) is 0.500. The maximum Gasteiger partial charge on any atom is 0.266 e. The predicted molar refractivity (Wildman–Crippen MR) is 155 cm³/mol. The van der Waals surface area contributed by atoms with E-state index in [2.05, 4.69) is 48.8 Å². The van der Waals surface area contributed by atoms with Gasteiger partial charge in [0, 0.05) is 32.4 Å². The molecule has 0 radical (unpaired) electrons. The van der Waals surface area contributed by atoms with Crippen LogP contribution in [0.4, 0.5) is 17.3 Å². The molecule has 2 fully saturated rings. The van der Waals surface area contributed by atoms with Gasteiger partial charge in [-0.15, -0.1) is 10.2 Å². The number of aromatic nitrogens is 4. The Morgan fingerprint density at radius 1 is 1.12 bits per heavy atom. The van der Waals surface area contributed by atoms with Crippen LogP contribution in [0.3, 0.4) is 0 Å². The van der Waals surface area contributed by atoms with Crippen LogP contribution in [0.1, 0.15) is 32.6 Å². The summed E-state index contributed by atoms with van der Waals surface area (Å²) in [5.74, 6) is 1.23. The summed E-state index contributed by atoms with van der Waals surface area (Å²) in [6, 6.07) is 6.97. The first-order valence-corrected chi connectivity index (χ1v) is 15.7. The Morgan fingerprint density at radius 3 is 2.78 bits per heavy atom. The van der Waals surface area contributed by atoms with Crippen LogP contribution in [0.5, 0.6) is 0 Å². The van der Waals surface area contributed by atoms with E-state index >= 15 is 0 Å². The number of hydrogen-bond acceptors (Lipinski definition) is 11. The minimum absolute atomic E-state index is 0.270. The second-order valence-corrected chi connectivity index (χ2v) is 12.9. The molecule has 12 nitrogen and oxygen atoms in total. The Labute approximate surface area is 239 Å². The minimum atomic E-state index is -3.70. The van der Waals surface area contributed by atoms with Crippen LogP contribution in [0, 0.1) is 5.92 Å². The Bertz CT molecular complexity index is 1520. The maximum atomic E-state index is 12.4.